The summed E-state index contributed by atoms with van der Waals surface area (Å²) in [6, 6.07) is 3.84. The van der Waals surface area contributed by atoms with Gasteiger partial charge in [0.05, 0.1) is 0 Å². The van der Waals surface area contributed by atoms with E-state index in [2.05, 4.69) is 11.1 Å². The number of H-pyrrole nitrogens is 1. The summed E-state index contributed by atoms with van der Waals surface area (Å²) in [5, 5.41) is 0. The third kappa shape index (κ3) is 1.52. The monoisotopic (exact) mass is 203 g/mol. The van der Waals surface area contributed by atoms with E-state index >= 15 is 0 Å². The van der Waals surface area contributed by atoms with E-state index in [4.69, 9.17) is 0 Å². The van der Waals surface area contributed by atoms with Crippen molar-refractivity contribution in [2.75, 3.05) is 0 Å². The molecule has 3 rings (SSSR count). The highest BCUT2D eigenvalue weighted by Gasteiger charge is 2.40. The van der Waals surface area contributed by atoms with Crippen LogP contribution in [-0.4, -0.2) is 4.98 Å². The predicted molar refractivity (Wildman–Crippen MR) is 60.0 cm³/mol. The normalized spacial score (nSPS) is 33.5. The summed E-state index contributed by atoms with van der Waals surface area (Å²) in [7, 11) is 0. The van der Waals surface area contributed by atoms with Crippen LogP contribution in [0.1, 0.15) is 42.9 Å². The van der Waals surface area contributed by atoms with Crippen molar-refractivity contribution in [2.45, 2.75) is 38.5 Å². The minimum atomic E-state index is 0.0628. The van der Waals surface area contributed by atoms with Gasteiger partial charge in [-0.25, -0.2) is 0 Å². The molecule has 2 saturated carbocycles. The van der Waals surface area contributed by atoms with Crippen molar-refractivity contribution in [1.29, 1.82) is 0 Å². The van der Waals surface area contributed by atoms with Gasteiger partial charge in [0.15, 0.2) is 0 Å². The Bertz CT molecular complexity index is 434. The fraction of sp³-hybridized carbons (Fsp3) is 0.615. The van der Waals surface area contributed by atoms with E-state index in [1.807, 2.05) is 6.92 Å². The molecule has 2 bridgehead atoms. The van der Waals surface area contributed by atoms with Crippen molar-refractivity contribution >= 4 is 0 Å². The Morgan fingerprint density at radius 1 is 1.27 bits per heavy atom. The number of aromatic amines is 1. The molecule has 1 N–H and O–H groups in total. The van der Waals surface area contributed by atoms with Crippen LogP contribution in [0.3, 0.4) is 0 Å². The Labute approximate surface area is 89.7 Å². The second-order valence-electron chi connectivity index (χ2n) is 5.26. The zero-order valence-electron chi connectivity index (χ0n) is 9.12. The maximum Gasteiger partial charge on any atom is 0.248 e. The van der Waals surface area contributed by atoms with E-state index in [-0.39, 0.29) is 5.56 Å². The molecule has 1 aromatic heterocycles. The standard InChI is InChI=1S/C13H17NO/c1-8-4-12(14-13(15)5-8)11-7-9-2-3-10(11)6-9/h4-5,9-11H,2-3,6-7H2,1H3,(H,14,15). The van der Waals surface area contributed by atoms with E-state index < -0.39 is 0 Å². The molecule has 0 aliphatic heterocycles. The van der Waals surface area contributed by atoms with E-state index in [0.29, 0.717) is 5.92 Å². The van der Waals surface area contributed by atoms with Crippen LogP contribution < -0.4 is 5.56 Å². The Hall–Kier alpha value is -1.05. The molecule has 80 valence electrons. The number of rotatable bonds is 1. The molecule has 0 amide bonds. The largest absolute Gasteiger partial charge is 0.326 e. The van der Waals surface area contributed by atoms with E-state index in [1.165, 1.54) is 31.4 Å². The number of aryl methyl sites for hydroxylation is 1. The van der Waals surface area contributed by atoms with Gasteiger partial charge in [-0.2, -0.15) is 0 Å². The zero-order chi connectivity index (χ0) is 10.4. The lowest BCUT2D eigenvalue weighted by Crippen LogP contribution is -2.15. The van der Waals surface area contributed by atoms with Gasteiger partial charge in [-0.1, -0.05) is 6.42 Å². The maximum absolute atomic E-state index is 11.4. The van der Waals surface area contributed by atoms with Crippen LogP contribution in [0.4, 0.5) is 0 Å². The fourth-order valence-electron chi connectivity index (χ4n) is 3.53. The van der Waals surface area contributed by atoms with Gasteiger partial charge >= 0.3 is 0 Å². The third-order valence-corrected chi connectivity index (χ3v) is 4.15. The second-order valence-corrected chi connectivity index (χ2v) is 5.26. The highest BCUT2D eigenvalue weighted by Crippen LogP contribution is 2.52. The molecule has 1 heterocycles. The molecule has 1 aromatic rings. The molecule has 0 radical (unpaired) electrons. The number of hydrogen-bond acceptors (Lipinski definition) is 1. The first-order valence-corrected chi connectivity index (χ1v) is 5.93. The van der Waals surface area contributed by atoms with Crippen LogP contribution in [0.5, 0.6) is 0 Å². The van der Waals surface area contributed by atoms with E-state index in [0.717, 1.165) is 17.4 Å². The van der Waals surface area contributed by atoms with E-state index in [1.54, 1.807) is 6.07 Å². The van der Waals surface area contributed by atoms with Crippen LogP contribution in [0.25, 0.3) is 0 Å². The van der Waals surface area contributed by atoms with Gasteiger partial charge in [0.1, 0.15) is 0 Å². The maximum atomic E-state index is 11.4. The van der Waals surface area contributed by atoms with Crippen molar-refractivity contribution in [3.8, 4) is 0 Å². The number of aromatic nitrogens is 1. The second kappa shape index (κ2) is 3.22. The third-order valence-electron chi connectivity index (χ3n) is 4.15. The molecule has 15 heavy (non-hydrogen) atoms. The minimum Gasteiger partial charge on any atom is -0.326 e. The number of fused-ring (bicyclic) bond motifs is 2. The molecular formula is C13H17NO. The smallest absolute Gasteiger partial charge is 0.248 e. The molecule has 0 saturated heterocycles. The summed E-state index contributed by atoms with van der Waals surface area (Å²) >= 11 is 0. The van der Waals surface area contributed by atoms with Gasteiger partial charge in [-0.05, 0) is 49.7 Å². The zero-order valence-corrected chi connectivity index (χ0v) is 9.12. The topological polar surface area (TPSA) is 32.9 Å². The molecule has 0 spiro atoms. The summed E-state index contributed by atoms with van der Waals surface area (Å²) < 4.78 is 0. The Morgan fingerprint density at radius 2 is 2.13 bits per heavy atom. The van der Waals surface area contributed by atoms with Gasteiger partial charge in [-0.15, -0.1) is 0 Å². The molecule has 2 aliphatic rings. The molecule has 3 atom stereocenters. The highest BCUT2D eigenvalue weighted by molar-refractivity contribution is 5.20. The van der Waals surface area contributed by atoms with Crippen LogP contribution in [0, 0.1) is 18.8 Å². The summed E-state index contributed by atoms with van der Waals surface area (Å²) in [4.78, 5) is 14.4. The van der Waals surface area contributed by atoms with Gasteiger partial charge in [0.2, 0.25) is 5.56 Å². The lowest BCUT2D eigenvalue weighted by molar-refractivity contribution is 0.412. The van der Waals surface area contributed by atoms with E-state index in [9.17, 15) is 4.79 Å². The first-order valence-electron chi connectivity index (χ1n) is 5.93. The molecule has 0 aromatic carbocycles. The van der Waals surface area contributed by atoms with Gasteiger partial charge < -0.3 is 4.98 Å². The summed E-state index contributed by atoms with van der Waals surface area (Å²) in [5.74, 6) is 2.41. The van der Waals surface area contributed by atoms with Crippen LogP contribution >= 0.6 is 0 Å². The van der Waals surface area contributed by atoms with Crippen molar-refractivity contribution in [2.24, 2.45) is 11.8 Å². The van der Waals surface area contributed by atoms with Gasteiger partial charge in [0.25, 0.3) is 0 Å². The van der Waals surface area contributed by atoms with Crippen LogP contribution in [0.2, 0.25) is 0 Å². The SMILES string of the molecule is Cc1cc(C2CC3CCC2C3)[nH]c(=O)c1. The van der Waals surface area contributed by atoms with Crippen molar-refractivity contribution in [1.82, 2.24) is 4.98 Å². The molecule has 2 aliphatic carbocycles. The van der Waals surface area contributed by atoms with Crippen molar-refractivity contribution in [3.63, 3.8) is 0 Å². The first kappa shape index (κ1) is 9.20. The summed E-state index contributed by atoms with van der Waals surface area (Å²) in [6.07, 6.45) is 5.47. The first-order chi connectivity index (χ1) is 7.22. The summed E-state index contributed by atoms with van der Waals surface area (Å²) in [6.45, 7) is 2.01. The molecule has 2 nitrogen and oxygen atoms in total. The van der Waals surface area contributed by atoms with Crippen molar-refractivity contribution < 1.29 is 0 Å². The average Bonchev–Trinajstić information content (AvgIpc) is 2.76. The lowest BCUT2D eigenvalue weighted by atomic mass is 9.86. The molecular weight excluding hydrogens is 186 g/mol. The Balaban J connectivity index is 1.96. The number of nitrogens with one attached hydrogen (secondary N) is 1. The highest BCUT2D eigenvalue weighted by atomic mass is 16.1. The van der Waals surface area contributed by atoms with Gasteiger partial charge in [0, 0.05) is 17.7 Å². The average molecular weight is 203 g/mol. The van der Waals surface area contributed by atoms with Gasteiger partial charge in [-0.3, -0.25) is 4.79 Å². The van der Waals surface area contributed by atoms with Crippen molar-refractivity contribution in [3.05, 3.63) is 33.7 Å². The molecule has 3 unspecified atom stereocenters. The Morgan fingerprint density at radius 3 is 2.73 bits per heavy atom. The Kier molecular flexibility index (Phi) is 1.98. The predicted octanol–water partition coefficient (Wildman–Crippen LogP) is 2.59. The number of hydrogen-bond donors (Lipinski definition) is 1. The molecule has 2 heteroatoms. The van der Waals surface area contributed by atoms with Crippen LogP contribution in [-0.2, 0) is 0 Å². The quantitative estimate of drug-likeness (QED) is 0.747. The van der Waals surface area contributed by atoms with Crippen LogP contribution in [0.15, 0.2) is 16.9 Å². The molecule has 2 fully saturated rings. The summed E-state index contributed by atoms with van der Waals surface area (Å²) in [5.41, 5.74) is 2.34. The lowest BCUT2D eigenvalue weighted by Gasteiger charge is -2.21. The number of pyridine rings is 1. The fourth-order valence-corrected chi connectivity index (χ4v) is 3.53. The minimum absolute atomic E-state index is 0.0628.